The van der Waals surface area contributed by atoms with Gasteiger partial charge in [0.1, 0.15) is 17.0 Å². The Bertz CT molecular complexity index is 2640. The summed E-state index contributed by atoms with van der Waals surface area (Å²) >= 11 is 3.67. The van der Waals surface area contributed by atoms with Crippen LogP contribution in [0.15, 0.2) is 138 Å². The van der Waals surface area contributed by atoms with Crippen LogP contribution in [0.25, 0.3) is 73.1 Å². The minimum atomic E-state index is 0.883. The lowest BCUT2D eigenvalue weighted by Gasteiger charge is -2.24. The molecule has 4 aromatic heterocycles. The molecule has 0 spiro atoms. The fraction of sp³-hybridized carbons (Fsp3) is 0. The number of fused-ring (bicyclic) bond motifs is 10. The van der Waals surface area contributed by atoms with E-state index in [4.69, 9.17) is 9.40 Å². The average molecular weight is 599 g/mol. The summed E-state index contributed by atoms with van der Waals surface area (Å²) in [5, 5.41) is 9.72. The molecule has 0 radical (unpaired) electrons. The molecule has 0 fully saturated rings. The third kappa shape index (κ3) is 3.57. The fourth-order valence-electron chi connectivity index (χ4n) is 6.59. The minimum Gasteiger partial charge on any atom is -0.456 e. The van der Waals surface area contributed by atoms with Crippen LogP contribution in [0.5, 0.6) is 0 Å². The fourth-order valence-corrected chi connectivity index (χ4v) is 8.81. The lowest BCUT2D eigenvalue weighted by Crippen LogP contribution is -2.11. The number of thiophene rings is 2. The first kappa shape index (κ1) is 24.2. The van der Waals surface area contributed by atoms with Gasteiger partial charge in [-0.3, -0.25) is 4.90 Å². The Kier molecular flexibility index (Phi) is 5.03. The highest BCUT2D eigenvalue weighted by molar-refractivity contribution is 7.26. The number of hydrogen-bond acceptors (Lipinski definition) is 5. The van der Waals surface area contributed by atoms with Gasteiger partial charge in [0.25, 0.3) is 0 Å². The predicted octanol–water partition coefficient (Wildman–Crippen LogP) is 12.3. The molecule has 0 unspecified atom stereocenters. The van der Waals surface area contributed by atoms with Gasteiger partial charge in [-0.25, -0.2) is 4.98 Å². The monoisotopic (exact) mass is 598 g/mol. The zero-order valence-electron chi connectivity index (χ0n) is 23.3. The Morgan fingerprint density at radius 3 is 2.00 bits per heavy atom. The van der Waals surface area contributed by atoms with Gasteiger partial charge in [-0.05, 0) is 77.5 Å². The van der Waals surface area contributed by atoms with Crippen molar-refractivity contribution in [3.8, 4) is 0 Å². The number of nitrogens with zero attached hydrogens (tertiary/aromatic N) is 2. The third-order valence-electron chi connectivity index (χ3n) is 8.68. The number of aromatic nitrogens is 1. The Labute approximate surface area is 259 Å². The molecular formula is C39H22N2OS2. The highest BCUT2D eigenvalue weighted by Gasteiger charge is 2.19. The summed E-state index contributed by atoms with van der Waals surface area (Å²) in [6, 6.07) is 45.6. The summed E-state index contributed by atoms with van der Waals surface area (Å²) in [7, 11) is 0. The molecule has 0 amide bonds. The molecule has 5 heteroatoms. The average Bonchev–Trinajstić information content (AvgIpc) is 3.74. The van der Waals surface area contributed by atoms with Crippen molar-refractivity contribution in [1.29, 1.82) is 0 Å². The largest absolute Gasteiger partial charge is 0.456 e. The van der Waals surface area contributed by atoms with Gasteiger partial charge in [0.2, 0.25) is 0 Å². The summed E-state index contributed by atoms with van der Waals surface area (Å²) in [4.78, 5) is 7.42. The van der Waals surface area contributed by atoms with E-state index in [9.17, 15) is 0 Å². The van der Waals surface area contributed by atoms with Crippen molar-refractivity contribution in [1.82, 2.24) is 4.98 Å². The molecule has 10 aromatic rings. The Morgan fingerprint density at radius 1 is 0.455 bits per heavy atom. The molecule has 0 bridgehead atoms. The van der Waals surface area contributed by atoms with E-state index in [1.54, 1.807) is 0 Å². The number of hydrogen-bond donors (Lipinski definition) is 0. The standard InChI is InChI=1S/C39H22N2OS2/c1-2-8-24-18-37-30(17-23(24)7-1)32-22-40-39(21-38(32)44-37)41(25-13-15-34-29(19-25)27-9-3-5-11-33(27)42-34)26-14-16-36-31(20-26)28-10-4-6-12-35(28)43-36/h1-22H. The van der Waals surface area contributed by atoms with Crippen LogP contribution in [0.1, 0.15) is 0 Å². The molecule has 3 nitrogen and oxygen atoms in total. The molecule has 0 saturated carbocycles. The Morgan fingerprint density at radius 2 is 1.09 bits per heavy atom. The lowest BCUT2D eigenvalue weighted by atomic mass is 10.1. The summed E-state index contributed by atoms with van der Waals surface area (Å²) in [6.45, 7) is 0. The summed E-state index contributed by atoms with van der Waals surface area (Å²) in [5.41, 5.74) is 3.90. The van der Waals surface area contributed by atoms with E-state index in [0.29, 0.717) is 0 Å². The molecule has 0 aliphatic rings. The molecule has 0 saturated heterocycles. The molecule has 0 aliphatic carbocycles. The topological polar surface area (TPSA) is 29.3 Å². The van der Waals surface area contributed by atoms with Gasteiger partial charge in [0, 0.05) is 68.7 Å². The molecule has 206 valence electrons. The first-order chi connectivity index (χ1) is 21.8. The number of para-hydroxylation sites is 1. The van der Waals surface area contributed by atoms with Crippen LogP contribution in [0.4, 0.5) is 17.2 Å². The van der Waals surface area contributed by atoms with Crippen LogP contribution < -0.4 is 4.90 Å². The predicted molar refractivity (Wildman–Crippen MR) is 189 cm³/mol. The SMILES string of the molecule is c1ccc2cc3c(cc2c1)sc1cc(N(c2ccc4oc5ccccc5c4c2)c2ccc4sc5ccccc5c4c2)ncc13. The molecular weight excluding hydrogens is 577 g/mol. The van der Waals surface area contributed by atoms with Crippen LogP contribution in [-0.2, 0) is 0 Å². The lowest BCUT2D eigenvalue weighted by molar-refractivity contribution is 0.669. The van der Waals surface area contributed by atoms with Crippen molar-refractivity contribution >= 4 is 113 Å². The van der Waals surface area contributed by atoms with E-state index in [2.05, 4.69) is 126 Å². The highest BCUT2D eigenvalue weighted by atomic mass is 32.1. The van der Waals surface area contributed by atoms with Crippen molar-refractivity contribution in [3.05, 3.63) is 134 Å². The van der Waals surface area contributed by atoms with Gasteiger partial charge in [-0.1, -0.05) is 60.7 Å². The smallest absolute Gasteiger partial charge is 0.138 e. The van der Waals surface area contributed by atoms with Crippen LogP contribution in [-0.4, -0.2) is 4.98 Å². The first-order valence-electron chi connectivity index (χ1n) is 14.6. The number of anilines is 3. The maximum atomic E-state index is 6.19. The van der Waals surface area contributed by atoms with E-state index in [1.807, 2.05) is 34.8 Å². The highest BCUT2D eigenvalue weighted by Crippen LogP contribution is 2.44. The number of rotatable bonds is 3. The van der Waals surface area contributed by atoms with Crippen LogP contribution in [0.2, 0.25) is 0 Å². The normalized spacial score (nSPS) is 12.1. The zero-order valence-corrected chi connectivity index (χ0v) is 25.0. The third-order valence-corrected chi connectivity index (χ3v) is 10.9. The van der Waals surface area contributed by atoms with Crippen LogP contribution in [0.3, 0.4) is 0 Å². The van der Waals surface area contributed by atoms with Crippen molar-refractivity contribution in [2.45, 2.75) is 0 Å². The quantitative estimate of drug-likeness (QED) is 0.203. The van der Waals surface area contributed by atoms with Crippen LogP contribution >= 0.6 is 22.7 Å². The minimum absolute atomic E-state index is 0.883. The van der Waals surface area contributed by atoms with Crippen molar-refractivity contribution in [2.75, 3.05) is 4.90 Å². The molecule has 0 aliphatic heterocycles. The van der Waals surface area contributed by atoms with Gasteiger partial charge in [0.05, 0.1) is 0 Å². The van der Waals surface area contributed by atoms with Gasteiger partial charge in [-0.15, -0.1) is 22.7 Å². The van der Waals surface area contributed by atoms with Gasteiger partial charge in [-0.2, -0.15) is 0 Å². The first-order valence-corrected chi connectivity index (χ1v) is 16.2. The molecule has 10 rings (SSSR count). The Hall–Kier alpha value is -5.23. The molecule has 6 aromatic carbocycles. The number of benzene rings is 6. The molecule has 0 N–H and O–H groups in total. The van der Waals surface area contributed by atoms with Gasteiger partial charge in [0.15, 0.2) is 0 Å². The number of furan rings is 1. The van der Waals surface area contributed by atoms with E-state index in [0.717, 1.165) is 39.1 Å². The van der Waals surface area contributed by atoms with Gasteiger partial charge < -0.3 is 4.42 Å². The molecule has 4 heterocycles. The second-order valence-electron chi connectivity index (χ2n) is 11.2. The second kappa shape index (κ2) is 9.13. The van der Waals surface area contributed by atoms with Gasteiger partial charge >= 0.3 is 0 Å². The van der Waals surface area contributed by atoms with Crippen molar-refractivity contribution < 1.29 is 4.42 Å². The van der Waals surface area contributed by atoms with E-state index in [1.165, 1.54) is 51.1 Å². The number of pyridine rings is 1. The maximum Gasteiger partial charge on any atom is 0.138 e. The van der Waals surface area contributed by atoms with E-state index < -0.39 is 0 Å². The zero-order chi connectivity index (χ0) is 28.8. The Balaban J connectivity index is 1.22. The summed E-state index contributed by atoms with van der Waals surface area (Å²) in [5.74, 6) is 0.889. The summed E-state index contributed by atoms with van der Waals surface area (Å²) in [6.07, 6.45) is 2.05. The van der Waals surface area contributed by atoms with Crippen LogP contribution in [0, 0.1) is 0 Å². The maximum absolute atomic E-state index is 6.19. The van der Waals surface area contributed by atoms with E-state index in [-0.39, 0.29) is 0 Å². The van der Waals surface area contributed by atoms with E-state index >= 15 is 0 Å². The summed E-state index contributed by atoms with van der Waals surface area (Å²) < 4.78 is 11.3. The van der Waals surface area contributed by atoms with Crippen molar-refractivity contribution in [3.63, 3.8) is 0 Å². The van der Waals surface area contributed by atoms with Crippen molar-refractivity contribution in [2.24, 2.45) is 0 Å². The molecule has 0 atom stereocenters. The molecule has 44 heavy (non-hydrogen) atoms. The second-order valence-corrected chi connectivity index (χ2v) is 13.4.